The molecule has 0 aliphatic rings. The van der Waals surface area contributed by atoms with Crippen LogP contribution in [0.15, 0.2) is 18.5 Å². The summed E-state index contributed by atoms with van der Waals surface area (Å²) in [5.74, 6) is -2.61. The van der Waals surface area contributed by atoms with E-state index in [1.807, 2.05) is 0 Å². The summed E-state index contributed by atoms with van der Waals surface area (Å²) in [6.45, 7) is 2.26. The van der Waals surface area contributed by atoms with Gasteiger partial charge < -0.3 is 10.4 Å². The van der Waals surface area contributed by atoms with Gasteiger partial charge in [-0.15, -0.1) is 0 Å². The molecule has 6 nitrogen and oxygen atoms in total. The smallest absolute Gasteiger partial charge is 0.315 e. The molecule has 0 saturated carbocycles. The quantitative estimate of drug-likeness (QED) is 0.656. The van der Waals surface area contributed by atoms with Crippen LogP contribution in [0.4, 0.5) is 0 Å². The van der Waals surface area contributed by atoms with E-state index in [-0.39, 0.29) is 0 Å². The Morgan fingerprint density at radius 3 is 2.87 bits per heavy atom. The zero-order valence-electron chi connectivity index (χ0n) is 8.38. The Hall–Kier alpha value is -1.85. The van der Waals surface area contributed by atoms with Gasteiger partial charge in [0, 0.05) is 18.9 Å². The molecule has 0 spiro atoms. The number of carbonyl (C=O) groups excluding carboxylic acids is 1. The average Bonchev–Trinajstić information content (AvgIpc) is 2.69. The van der Waals surface area contributed by atoms with E-state index in [9.17, 15) is 9.59 Å². The van der Waals surface area contributed by atoms with E-state index in [2.05, 4.69) is 10.4 Å². The van der Waals surface area contributed by atoms with Crippen molar-refractivity contribution >= 4 is 11.9 Å². The second-order valence-electron chi connectivity index (χ2n) is 3.12. The summed E-state index contributed by atoms with van der Waals surface area (Å²) in [4.78, 5) is 21.6. The van der Waals surface area contributed by atoms with Crippen LogP contribution in [0.1, 0.15) is 6.92 Å². The first kappa shape index (κ1) is 11.2. The maximum atomic E-state index is 11.2. The van der Waals surface area contributed by atoms with Crippen LogP contribution in [0.2, 0.25) is 0 Å². The summed E-state index contributed by atoms with van der Waals surface area (Å²) in [7, 11) is 0. The average molecular weight is 211 g/mol. The third kappa shape index (κ3) is 3.41. The van der Waals surface area contributed by atoms with Crippen molar-refractivity contribution in [1.82, 2.24) is 15.1 Å². The lowest BCUT2D eigenvalue weighted by Gasteiger charge is -2.07. The fraction of sp³-hybridized carbons (Fsp3) is 0.444. The van der Waals surface area contributed by atoms with Crippen LogP contribution in [0.25, 0.3) is 0 Å². The Balaban J connectivity index is 2.26. The molecular weight excluding hydrogens is 198 g/mol. The molecule has 1 unspecified atom stereocenters. The first-order valence-electron chi connectivity index (χ1n) is 4.59. The van der Waals surface area contributed by atoms with Gasteiger partial charge in [0.2, 0.25) is 5.91 Å². The summed E-state index contributed by atoms with van der Waals surface area (Å²) in [6, 6.07) is 1.78. The molecule has 0 aliphatic heterocycles. The van der Waals surface area contributed by atoms with Gasteiger partial charge in [-0.3, -0.25) is 14.3 Å². The summed E-state index contributed by atoms with van der Waals surface area (Å²) < 4.78 is 1.66. The molecule has 0 fully saturated rings. The predicted molar refractivity (Wildman–Crippen MR) is 52.0 cm³/mol. The van der Waals surface area contributed by atoms with E-state index < -0.39 is 17.8 Å². The Bertz CT molecular complexity index is 334. The predicted octanol–water partition coefficient (Wildman–Crippen LogP) is -0.280. The number of carbonyl (C=O) groups is 2. The van der Waals surface area contributed by atoms with E-state index in [0.29, 0.717) is 13.1 Å². The van der Waals surface area contributed by atoms with Crippen molar-refractivity contribution in [2.24, 2.45) is 5.92 Å². The minimum Gasteiger partial charge on any atom is -0.481 e. The fourth-order valence-corrected chi connectivity index (χ4v) is 0.992. The van der Waals surface area contributed by atoms with E-state index in [4.69, 9.17) is 5.11 Å². The molecule has 1 heterocycles. The Labute approximate surface area is 86.9 Å². The van der Waals surface area contributed by atoms with Gasteiger partial charge in [-0.25, -0.2) is 0 Å². The van der Waals surface area contributed by atoms with Crippen LogP contribution in [0.5, 0.6) is 0 Å². The van der Waals surface area contributed by atoms with Crippen LogP contribution in [0.3, 0.4) is 0 Å². The second kappa shape index (κ2) is 5.14. The molecule has 15 heavy (non-hydrogen) atoms. The minimum absolute atomic E-state index is 0.373. The number of hydrogen-bond acceptors (Lipinski definition) is 3. The van der Waals surface area contributed by atoms with Gasteiger partial charge >= 0.3 is 5.97 Å². The molecule has 1 aromatic rings. The van der Waals surface area contributed by atoms with Crippen molar-refractivity contribution < 1.29 is 14.7 Å². The molecule has 0 saturated heterocycles. The molecule has 6 heteroatoms. The topological polar surface area (TPSA) is 84.2 Å². The van der Waals surface area contributed by atoms with Gasteiger partial charge in [-0.1, -0.05) is 0 Å². The van der Waals surface area contributed by atoms with Crippen LogP contribution in [-0.2, 0) is 16.1 Å². The standard InChI is InChI=1S/C9H13N3O3/c1-7(9(14)15)8(13)10-4-6-12-5-2-3-11-12/h2-3,5,7H,4,6H2,1H3,(H,10,13)(H,14,15). The molecule has 1 aromatic heterocycles. The van der Waals surface area contributed by atoms with Crippen molar-refractivity contribution in [2.45, 2.75) is 13.5 Å². The summed E-state index contributed by atoms with van der Waals surface area (Å²) in [5, 5.41) is 15.0. The molecule has 82 valence electrons. The first-order chi connectivity index (χ1) is 7.11. The molecule has 1 amide bonds. The van der Waals surface area contributed by atoms with Crippen LogP contribution < -0.4 is 5.32 Å². The number of nitrogens with one attached hydrogen (secondary N) is 1. The van der Waals surface area contributed by atoms with Crippen LogP contribution >= 0.6 is 0 Å². The molecular formula is C9H13N3O3. The van der Waals surface area contributed by atoms with Gasteiger partial charge in [0.25, 0.3) is 0 Å². The lowest BCUT2D eigenvalue weighted by molar-refractivity contribution is -0.146. The third-order valence-electron chi connectivity index (χ3n) is 1.96. The van der Waals surface area contributed by atoms with Crippen molar-refractivity contribution in [2.75, 3.05) is 6.54 Å². The largest absolute Gasteiger partial charge is 0.481 e. The van der Waals surface area contributed by atoms with Crippen molar-refractivity contribution in [1.29, 1.82) is 0 Å². The number of aliphatic carboxylic acids is 1. The second-order valence-corrected chi connectivity index (χ2v) is 3.12. The number of rotatable bonds is 5. The SMILES string of the molecule is CC(C(=O)O)C(=O)NCCn1cccn1. The normalized spacial score (nSPS) is 12.1. The summed E-state index contributed by atoms with van der Waals surface area (Å²) >= 11 is 0. The highest BCUT2D eigenvalue weighted by molar-refractivity contribution is 5.96. The lowest BCUT2D eigenvalue weighted by Crippen LogP contribution is -2.35. The Morgan fingerprint density at radius 2 is 2.33 bits per heavy atom. The lowest BCUT2D eigenvalue weighted by atomic mass is 10.2. The Morgan fingerprint density at radius 1 is 1.60 bits per heavy atom. The molecule has 0 radical (unpaired) electrons. The zero-order chi connectivity index (χ0) is 11.3. The summed E-state index contributed by atoms with van der Waals surface area (Å²) in [5.41, 5.74) is 0. The minimum atomic E-state index is -1.12. The number of hydrogen-bond donors (Lipinski definition) is 2. The highest BCUT2D eigenvalue weighted by Crippen LogP contribution is 1.93. The van der Waals surface area contributed by atoms with Crippen molar-refractivity contribution in [3.63, 3.8) is 0 Å². The molecule has 0 aromatic carbocycles. The van der Waals surface area contributed by atoms with Crippen LogP contribution in [0, 0.1) is 5.92 Å². The van der Waals surface area contributed by atoms with E-state index in [0.717, 1.165) is 0 Å². The third-order valence-corrected chi connectivity index (χ3v) is 1.96. The molecule has 1 rings (SSSR count). The summed E-state index contributed by atoms with van der Waals surface area (Å²) in [6.07, 6.45) is 3.41. The van der Waals surface area contributed by atoms with Gasteiger partial charge in [0.1, 0.15) is 5.92 Å². The number of amides is 1. The number of aromatic nitrogens is 2. The first-order valence-corrected chi connectivity index (χ1v) is 4.59. The maximum absolute atomic E-state index is 11.2. The van der Waals surface area contributed by atoms with E-state index in [1.165, 1.54) is 6.92 Å². The van der Waals surface area contributed by atoms with E-state index in [1.54, 1.807) is 23.1 Å². The molecule has 1 atom stereocenters. The zero-order valence-corrected chi connectivity index (χ0v) is 8.38. The highest BCUT2D eigenvalue weighted by Gasteiger charge is 2.19. The Kier molecular flexibility index (Phi) is 3.84. The fourth-order valence-electron chi connectivity index (χ4n) is 0.992. The van der Waals surface area contributed by atoms with E-state index >= 15 is 0 Å². The van der Waals surface area contributed by atoms with Gasteiger partial charge in [-0.2, -0.15) is 5.10 Å². The van der Waals surface area contributed by atoms with Gasteiger partial charge in [0.15, 0.2) is 0 Å². The molecule has 0 bridgehead atoms. The number of carboxylic acid groups (broad SMARTS) is 1. The van der Waals surface area contributed by atoms with Gasteiger partial charge in [0.05, 0.1) is 6.54 Å². The number of nitrogens with zero attached hydrogens (tertiary/aromatic N) is 2. The number of carboxylic acids is 1. The molecule has 0 aliphatic carbocycles. The monoisotopic (exact) mass is 211 g/mol. The maximum Gasteiger partial charge on any atom is 0.315 e. The van der Waals surface area contributed by atoms with Crippen LogP contribution in [-0.4, -0.2) is 33.3 Å². The molecule has 2 N–H and O–H groups in total. The van der Waals surface area contributed by atoms with Gasteiger partial charge in [-0.05, 0) is 13.0 Å². The highest BCUT2D eigenvalue weighted by atomic mass is 16.4. The van der Waals surface area contributed by atoms with Crippen molar-refractivity contribution in [3.05, 3.63) is 18.5 Å². The van der Waals surface area contributed by atoms with Crippen molar-refractivity contribution in [3.8, 4) is 0 Å².